The predicted molar refractivity (Wildman–Crippen MR) is 94.9 cm³/mol. The number of amides is 1. The van der Waals surface area contributed by atoms with Crippen molar-refractivity contribution in [2.75, 3.05) is 0 Å². The summed E-state index contributed by atoms with van der Waals surface area (Å²) >= 11 is 0. The SMILES string of the molecule is O=C1N=C(c2ccccc2)c2c1c(-c1ccccc1)n(S(=O)(=O)O)c2O. The quantitative estimate of drug-likeness (QED) is 0.691. The third kappa shape index (κ3) is 2.35. The highest BCUT2D eigenvalue weighted by molar-refractivity contribution is 7.84. The zero-order valence-electron chi connectivity index (χ0n) is 13.2. The second-order valence-corrected chi connectivity index (χ2v) is 6.92. The lowest BCUT2D eigenvalue weighted by Crippen LogP contribution is -2.13. The maximum absolute atomic E-state index is 12.5. The summed E-state index contributed by atoms with van der Waals surface area (Å²) in [5.74, 6) is -1.44. The Kier molecular flexibility index (Phi) is 3.53. The van der Waals surface area contributed by atoms with Crippen molar-refractivity contribution in [2.45, 2.75) is 0 Å². The first-order valence-corrected chi connectivity index (χ1v) is 8.99. The van der Waals surface area contributed by atoms with Gasteiger partial charge in [-0.1, -0.05) is 60.7 Å². The molecule has 0 spiro atoms. The molecule has 26 heavy (non-hydrogen) atoms. The first-order valence-electron chi connectivity index (χ1n) is 7.59. The number of carbonyl (C=O) groups is 1. The van der Waals surface area contributed by atoms with Crippen LogP contribution in [0.4, 0.5) is 0 Å². The molecule has 3 aromatic rings. The molecule has 7 nitrogen and oxygen atoms in total. The van der Waals surface area contributed by atoms with Crippen LogP contribution in [0.25, 0.3) is 11.3 Å². The molecule has 4 rings (SSSR count). The van der Waals surface area contributed by atoms with Gasteiger partial charge in [-0.25, -0.2) is 4.99 Å². The van der Waals surface area contributed by atoms with Gasteiger partial charge in [0.15, 0.2) is 0 Å². The minimum absolute atomic E-state index is 0.0160. The van der Waals surface area contributed by atoms with Crippen LogP contribution < -0.4 is 0 Å². The second kappa shape index (κ2) is 5.65. The fraction of sp³-hybridized carbons (Fsp3) is 0. The molecule has 8 heteroatoms. The Hall–Kier alpha value is -3.23. The number of hydrogen-bond donors (Lipinski definition) is 2. The molecule has 0 atom stereocenters. The summed E-state index contributed by atoms with van der Waals surface area (Å²) in [6.07, 6.45) is 0. The lowest BCUT2D eigenvalue weighted by atomic mass is 10.0. The number of aliphatic imine (C=N–C) groups is 1. The number of aromatic nitrogens is 1. The third-order valence-corrected chi connectivity index (χ3v) is 4.91. The third-order valence-electron chi connectivity index (χ3n) is 4.10. The number of carbonyl (C=O) groups excluding carboxylic acids is 1. The van der Waals surface area contributed by atoms with Crippen molar-refractivity contribution in [3.05, 3.63) is 77.4 Å². The highest BCUT2D eigenvalue weighted by Gasteiger charge is 2.39. The van der Waals surface area contributed by atoms with Crippen molar-refractivity contribution in [1.29, 1.82) is 0 Å². The summed E-state index contributed by atoms with van der Waals surface area (Å²) in [5, 5.41) is 10.6. The van der Waals surface area contributed by atoms with E-state index in [0.717, 1.165) is 0 Å². The van der Waals surface area contributed by atoms with Crippen LogP contribution in [0.2, 0.25) is 0 Å². The van der Waals surface area contributed by atoms with Crippen molar-refractivity contribution in [3.8, 4) is 17.1 Å². The van der Waals surface area contributed by atoms with E-state index >= 15 is 0 Å². The van der Waals surface area contributed by atoms with Crippen molar-refractivity contribution in [2.24, 2.45) is 4.99 Å². The largest absolute Gasteiger partial charge is 0.493 e. The van der Waals surface area contributed by atoms with E-state index in [9.17, 15) is 22.9 Å². The number of fused-ring (bicyclic) bond motifs is 1. The molecule has 0 saturated carbocycles. The van der Waals surface area contributed by atoms with Gasteiger partial charge in [0.25, 0.3) is 5.91 Å². The number of hydrogen-bond acceptors (Lipinski definition) is 4. The molecule has 0 radical (unpaired) electrons. The Labute approximate surface area is 148 Å². The molecule has 0 fully saturated rings. The van der Waals surface area contributed by atoms with Gasteiger partial charge in [-0.15, -0.1) is 0 Å². The highest BCUT2D eigenvalue weighted by atomic mass is 32.2. The van der Waals surface area contributed by atoms with Gasteiger partial charge < -0.3 is 5.11 Å². The molecule has 0 bridgehead atoms. The lowest BCUT2D eigenvalue weighted by molar-refractivity contribution is 0.101. The van der Waals surface area contributed by atoms with Gasteiger partial charge >= 0.3 is 10.3 Å². The molecule has 130 valence electrons. The molecule has 1 aliphatic heterocycles. The van der Waals surface area contributed by atoms with Crippen LogP contribution in [-0.2, 0) is 10.3 Å². The van der Waals surface area contributed by atoms with Crippen LogP contribution in [-0.4, -0.2) is 33.7 Å². The number of benzene rings is 2. The summed E-state index contributed by atoms with van der Waals surface area (Å²) in [7, 11) is -4.86. The summed E-state index contributed by atoms with van der Waals surface area (Å²) < 4.78 is 33.8. The first-order chi connectivity index (χ1) is 12.4. The van der Waals surface area contributed by atoms with Gasteiger partial charge in [-0.05, 0) is 0 Å². The van der Waals surface area contributed by atoms with E-state index in [2.05, 4.69) is 4.99 Å². The standard InChI is InChI=1S/C18H12N2O5S/c21-17-14-13(15(19-17)11-7-3-1-4-8-11)18(22)20(26(23,24)25)16(14)12-9-5-2-6-10-12/h1-10,22H,(H,23,24,25). The predicted octanol–water partition coefficient (Wildman–Crippen LogP) is 2.50. The van der Waals surface area contributed by atoms with Crippen LogP contribution in [0.1, 0.15) is 21.5 Å². The van der Waals surface area contributed by atoms with Crippen molar-refractivity contribution >= 4 is 21.9 Å². The van der Waals surface area contributed by atoms with Crippen molar-refractivity contribution < 1.29 is 22.9 Å². The summed E-state index contributed by atoms with van der Waals surface area (Å²) in [5.41, 5.74) is 0.840. The number of aromatic hydroxyl groups is 1. The molecule has 1 aliphatic rings. The Morgan fingerprint density at radius 3 is 1.92 bits per heavy atom. The summed E-state index contributed by atoms with van der Waals surface area (Å²) in [6, 6.07) is 16.8. The van der Waals surface area contributed by atoms with Crippen LogP contribution >= 0.6 is 0 Å². The van der Waals surface area contributed by atoms with Crippen LogP contribution in [0.15, 0.2) is 65.7 Å². The summed E-state index contributed by atoms with van der Waals surface area (Å²) in [6.45, 7) is 0. The number of rotatable bonds is 3. The fourth-order valence-corrected chi connectivity index (χ4v) is 3.81. The van der Waals surface area contributed by atoms with E-state index < -0.39 is 22.1 Å². The minimum atomic E-state index is -4.86. The van der Waals surface area contributed by atoms with Crippen LogP contribution in [0, 0.1) is 0 Å². The normalized spacial score (nSPS) is 13.6. The topological polar surface area (TPSA) is 109 Å². The Morgan fingerprint density at radius 1 is 0.846 bits per heavy atom. The van der Waals surface area contributed by atoms with E-state index in [1.165, 1.54) is 0 Å². The molecule has 0 unspecified atom stereocenters. The van der Waals surface area contributed by atoms with Crippen LogP contribution in [0.3, 0.4) is 0 Å². The second-order valence-electron chi connectivity index (χ2n) is 5.66. The zero-order valence-corrected chi connectivity index (χ0v) is 14.0. The molecular formula is C18H12N2O5S. The molecule has 0 saturated heterocycles. The fourth-order valence-electron chi connectivity index (χ4n) is 3.07. The highest BCUT2D eigenvalue weighted by Crippen LogP contribution is 2.41. The van der Waals surface area contributed by atoms with E-state index in [1.807, 2.05) is 0 Å². The minimum Gasteiger partial charge on any atom is -0.493 e. The number of nitrogens with zero attached hydrogens (tertiary/aromatic N) is 2. The molecule has 1 aromatic heterocycles. The van der Waals surface area contributed by atoms with Crippen molar-refractivity contribution in [1.82, 2.24) is 3.97 Å². The zero-order chi connectivity index (χ0) is 18.5. The lowest BCUT2D eigenvalue weighted by Gasteiger charge is -2.08. The first kappa shape index (κ1) is 16.2. The van der Waals surface area contributed by atoms with Gasteiger partial charge in [0, 0.05) is 11.1 Å². The van der Waals surface area contributed by atoms with E-state index in [4.69, 9.17) is 0 Å². The molecular weight excluding hydrogens is 356 g/mol. The van der Waals surface area contributed by atoms with Gasteiger partial charge in [0.2, 0.25) is 5.88 Å². The van der Waals surface area contributed by atoms with Gasteiger partial charge in [-0.3, -0.25) is 9.35 Å². The van der Waals surface area contributed by atoms with Crippen LogP contribution in [0.5, 0.6) is 5.88 Å². The Morgan fingerprint density at radius 2 is 1.38 bits per heavy atom. The average Bonchev–Trinajstić information content (AvgIpc) is 3.12. The summed E-state index contributed by atoms with van der Waals surface area (Å²) in [4.78, 5) is 16.5. The van der Waals surface area contributed by atoms with E-state index in [1.54, 1.807) is 60.7 Å². The molecule has 1 amide bonds. The van der Waals surface area contributed by atoms with E-state index in [-0.39, 0.29) is 22.5 Å². The maximum Gasteiger partial charge on any atom is 0.366 e. The smallest absolute Gasteiger partial charge is 0.366 e. The van der Waals surface area contributed by atoms with Gasteiger partial charge in [0.1, 0.15) is 0 Å². The monoisotopic (exact) mass is 368 g/mol. The average molecular weight is 368 g/mol. The van der Waals surface area contributed by atoms with Crippen molar-refractivity contribution in [3.63, 3.8) is 0 Å². The van der Waals surface area contributed by atoms with Gasteiger partial charge in [0.05, 0.1) is 22.5 Å². The van der Waals surface area contributed by atoms with Gasteiger partial charge in [-0.2, -0.15) is 12.4 Å². The Bertz CT molecular complexity index is 1160. The maximum atomic E-state index is 12.5. The molecule has 2 aromatic carbocycles. The molecule has 0 aliphatic carbocycles. The van der Waals surface area contributed by atoms with E-state index in [0.29, 0.717) is 15.1 Å². The Balaban J connectivity index is 2.09. The molecule has 2 heterocycles. The molecule has 2 N–H and O–H groups in total.